The largest absolute Gasteiger partial charge is 0.249 e. The van der Waals surface area contributed by atoms with Gasteiger partial charge in [0, 0.05) is 12.4 Å². The SMILES string of the molecule is CCCn1nncc1CCCCl. The molecule has 0 aliphatic heterocycles. The highest BCUT2D eigenvalue weighted by molar-refractivity contribution is 6.17. The third kappa shape index (κ3) is 2.48. The highest BCUT2D eigenvalue weighted by atomic mass is 35.5. The highest BCUT2D eigenvalue weighted by Gasteiger charge is 2.01. The van der Waals surface area contributed by atoms with Crippen LogP contribution in [-0.2, 0) is 13.0 Å². The average molecular weight is 188 g/mol. The van der Waals surface area contributed by atoms with Crippen LogP contribution in [0.25, 0.3) is 0 Å². The van der Waals surface area contributed by atoms with Crippen LogP contribution in [0.15, 0.2) is 6.20 Å². The maximum atomic E-state index is 5.60. The number of alkyl halides is 1. The van der Waals surface area contributed by atoms with Gasteiger partial charge < -0.3 is 0 Å². The van der Waals surface area contributed by atoms with E-state index in [9.17, 15) is 0 Å². The van der Waals surface area contributed by atoms with E-state index in [0.29, 0.717) is 5.88 Å². The molecular weight excluding hydrogens is 174 g/mol. The number of nitrogens with zero attached hydrogens (tertiary/aromatic N) is 3. The number of aromatic nitrogens is 3. The fourth-order valence-electron chi connectivity index (χ4n) is 1.12. The van der Waals surface area contributed by atoms with Crippen molar-refractivity contribution < 1.29 is 0 Å². The number of aryl methyl sites for hydroxylation is 2. The summed E-state index contributed by atoms with van der Waals surface area (Å²) in [5.74, 6) is 0.706. The van der Waals surface area contributed by atoms with Crippen molar-refractivity contribution in [2.75, 3.05) is 5.88 Å². The molecule has 1 aromatic heterocycles. The first kappa shape index (κ1) is 9.52. The quantitative estimate of drug-likeness (QED) is 0.659. The topological polar surface area (TPSA) is 30.7 Å². The molecule has 12 heavy (non-hydrogen) atoms. The van der Waals surface area contributed by atoms with Gasteiger partial charge in [-0.2, -0.15) is 0 Å². The van der Waals surface area contributed by atoms with Crippen LogP contribution < -0.4 is 0 Å². The van der Waals surface area contributed by atoms with Crippen molar-refractivity contribution >= 4 is 11.6 Å². The summed E-state index contributed by atoms with van der Waals surface area (Å²) < 4.78 is 1.95. The Morgan fingerprint density at radius 1 is 1.58 bits per heavy atom. The maximum absolute atomic E-state index is 5.60. The molecule has 0 aliphatic rings. The van der Waals surface area contributed by atoms with E-state index in [2.05, 4.69) is 17.2 Å². The standard InChI is InChI=1S/C8H14ClN3/c1-2-6-12-8(4-3-5-9)7-10-11-12/h7H,2-6H2,1H3. The van der Waals surface area contributed by atoms with Crippen molar-refractivity contribution in [3.8, 4) is 0 Å². The smallest absolute Gasteiger partial charge is 0.0725 e. The van der Waals surface area contributed by atoms with Gasteiger partial charge >= 0.3 is 0 Å². The molecule has 1 rings (SSSR count). The van der Waals surface area contributed by atoms with Crippen LogP contribution in [0.1, 0.15) is 25.5 Å². The lowest BCUT2D eigenvalue weighted by molar-refractivity contribution is 0.553. The lowest BCUT2D eigenvalue weighted by Gasteiger charge is -2.02. The van der Waals surface area contributed by atoms with E-state index in [4.69, 9.17) is 11.6 Å². The van der Waals surface area contributed by atoms with Gasteiger partial charge in [0.2, 0.25) is 0 Å². The summed E-state index contributed by atoms with van der Waals surface area (Å²) in [7, 11) is 0. The minimum atomic E-state index is 0.706. The van der Waals surface area contributed by atoms with Crippen molar-refractivity contribution in [2.24, 2.45) is 0 Å². The molecule has 0 unspecified atom stereocenters. The second kappa shape index (κ2) is 5.14. The zero-order chi connectivity index (χ0) is 8.81. The molecule has 4 heteroatoms. The highest BCUT2D eigenvalue weighted by Crippen LogP contribution is 2.02. The minimum Gasteiger partial charge on any atom is -0.249 e. The maximum Gasteiger partial charge on any atom is 0.0725 e. The van der Waals surface area contributed by atoms with Gasteiger partial charge in [-0.25, -0.2) is 4.68 Å². The molecule has 0 saturated heterocycles. The summed E-state index contributed by atoms with van der Waals surface area (Å²) in [6, 6.07) is 0. The molecule has 1 aromatic rings. The fourth-order valence-corrected chi connectivity index (χ4v) is 1.25. The number of hydrogen-bond donors (Lipinski definition) is 0. The van der Waals surface area contributed by atoms with E-state index in [-0.39, 0.29) is 0 Å². The second-order valence-corrected chi connectivity index (χ2v) is 3.12. The van der Waals surface area contributed by atoms with E-state index in [1.54, 1.807) is 0 Å². The summed E-state index contributed by atoms with van der Waals surface area (Å²) in [6.07, 6.45) is 4.90. The van der Waals surface area contributed by atoms with Crippen LogP contribution in [0.4, 0.5) is 0 Å². The molecule has 0 radical (unpaired) electrons. The molecule has 0 N–H and O–H groups in total. The first-order valence-corrected chi connectivity index (χ1v) is 4.85. The van der Waals surface area contributed by atoms with Crippen LogP contribution in [0, 0.1) is 0 Å². The Bertz CT molecular complexity index is 222. The monoisotopic (exact) mass is 187 g/mol. The average Bonchev–Trinajstić information content (AvgIpc) is 2.50. The van der Waals surface area contributed by atoms with Crippen LogP contribution in [0.3, 0.4) is 0 Å². The minimum absolute atomic E-state index is 0.706. The molecule has 3 nitrogen and oxygen atoms in total. The Morgan fingerprint density at radius 2 is 2.42 bits per heavy atom. The molecule has 0 amide bonds. The van der Waals surface area contributed by atoms with Gasteiger partial charge in [-0.3, -0.25) is 0 Å². The van der Waals surface area contributed by atoms with Crippen LogP contribution >= 0.6 is 11.6 Å². The van der Waals surface area contributed by atoms with E-state index in [1.807, 2.05) is 10.9 Å². The summed E-state index contributed by atoms with van der Waals surface area (Å²) >= 11 is 5.60. The number of rotatable bonds is 5. The Labute approximate surface area is 77.7 Å². The van der Waals surface area contributed by atoms with Crippen LogP contribution in [0.5, 0.6) is 0 Å². The lowest BCUT2D eigenvalue weighted by Crippen LogP contribution is -2.04. The molecular formula is C8H14ClN3. The molecule has 0 fully saturated rings. The lowest BCUT2D eigenvalue weighted by atomic mass is 10.2. The molecule has 0 aliphatic carbocycles. The third-order valence-electron chi connectivity index (χ3n) is 1.70. The zero-order valence-electron chi connectivity index (χ0n) is 7.33. The fraction of sp³-hybridized carbons (Fsp3) is 0.750. The molecule has 1 heterocycles. The molecule has 68 valence electrons. The first-order chi connectivity index (χ1) is 5.88. The molecule has 0 aromatic carbocycles. The van der Waals surface area contributed by atoms with Gasteiger partial charge in [-0.05, 0) is 19.3 Å². The van der Waals surface area contributed by atoms with E-state index in [1.165, 1.54) is 5.69 Å². The summed E-state index contributed by atoms with van der Waals surface area (Å²) in [5, 5.41) is 7.85. The molecule has 0 atom stereocenters. The van der Waals surface area contributed by atoms with Gasteiger partial charge in [0.1, 0.15) is 0 Å². The normalized spacial score (nSPS) is 10.5. The van der Waals surface area contributed by atoms with Crippen LogP contribution in [0.2, 0.25) is 0 Å². The Kier molecular flexibility index (Phi) is 4.08. The predicted molar refractivity (Wildman–Crippen MR) is 49.4 cm³/mol. The van der Waals surface area contributed by atoms with E-state index >= 15 is 0 Å². The van der Waals surface area contributed by atoms with Crippen LogP contribution in [-0.4, -0.2) is 20.9 Å². The van der Waals surface area contributed by atoms with E-state index < -0.39 is 0 Å². The van der Waals surface area contributed by atoms with E-state index in [0.717, 1.165) is 25.8 Å². The number of halogens is 1. The molecule has 0 bridgehead atoms. The Morgan fingerprint density at radius 3 is 3.08 bits per heavy atom. The summed E-state index contributed by atoms with van der Waals surface area (Å²) in [6.45, 7) is 3.09. The third-order valence-corrected chi connectivity index (χ3v) is 1.97. The number of hydrogen-bond acceptors (Lipinski definition) is 2. The predicted octanol–water partition coefficient (Wildman–Crippen LogP) is 1.86. The van der Waals surface area contributed by atoms with Crippen molar-refractivity contribution in [1.82, 2.24) is 15.0 Å². The van der Waals surface area contributed by atoms with Crippen molar-refractivity contribution in [3.63, 3.8) is 0 Å². The Balaban J connectivity index is 2.51. The van der Waals surface area contributed by atoms with Gasteiger partial charge in [0.05, 0.1) is 11.9 Å². The van der Waals surface area contributed by atoms with Gasteiger partial charge in [-0.1, -0.05) is 12.1 Å². The molecule has 0 spiro atoms. The van der Waals surface area contributed by atoms with Crippen molar-refractivity contribution in [3.05, 3.63) is 11.9 Å². The molecule has 0 saturated carbocycles. The van der Waals surface area contributed by atoms with Crippen molar-refractivity contribution in [1.29, 1.82) is 0 Å². The van der Waals surface area contributed by atoms with Crippen molar-refractivity contribution in [2.45, 2.75) is 32.7 Å². The van der Waals surface area contributed by atoms with Gasteiger partial charge in [0.25, 0.3) is 0 Å². The summed E-state index contributed by atoms with van der Waals surface area (Å²) in [5.41, 5.74) is 1.19. The second-order valence-electron chi connectivity index (χ2n) is 2.74. The van der Waals surface area contributed by atoms with Gasteiger partial charge in [-0.15, -0.1) is 16.7 Å². The van der Waals surface area contributed by atoms with Gasteiger partial charge in [0.15, 0.2) is 0 Å². The summed E-state index contributed by atoms with van der Waals surface area (Å²) in [4.78, 5) is 0. The first-order valence-electron chi connectivity index (χ1n) is 4.31. The Hall–Kier alpha value is -0.570. The zero-order valence-corrected chi connectivity index (χ0v) is 8.09.